The highest BCUT2D eigenvalue weighted by molar-refractivity contribution is 7.54. The number of fused-ring (bicyclic) bond motifs is 1. The second-order valence-electron chi connectivity index (χ2n) is 5.77. The molecule has 3 heterocycles. The fourth-order valence-electron chi connectivity index (χ4n) is 2.16. The third kappa shape index (κ3) is 4.83. The minimum absolute atomic E-state index is 0.359. The molecule has 3 aromatic rings. The van der Waals surface area contributed by atoms with Crippen LogP contribution in [0.5, 0.6) is 0 Å². The monoisotopic (exact) mass is 453 g/mol. The first kappa shape index (κ1) is 15.0. The Morgan fingerprint density at radius 3 is 2.93 bits per heavy atom. The molecule has 0 fully saturated rings. The lowest BCUT2D eigenvalue weighted by Gasteiger charge is -2.21. The number of alkyl halides is 3. The molecule has 0 saturated heterocycles. The number of imidazole rings is 2. The number of nitrogens with one attached hydrogen (secondary N) is 1. The van der Waals surface area contributed by atoms with Crippen molar-refractivity contribution < 1.29 is 45.0 Å². The molecule has 15 heteroatoms. The van der Waals surface area contributed by atoms with E-state index in [9.17, 15) is 27.4 Å². The van der Waals surface area contributed by atoms with E-state index < -0.39 is 62.4 Å². The summed E-state index contributed by atoms with van der Waals surface area (Å²) >= 11 is 0. The SMILES string of the molecule is [2H]C([2H])([2H])C([2H])(OCP(=O)([O-])n1cc[n+](C)c1)C([2H])([2H])n1cnc2c(NC(=O)C(F)(F)F)ncnc21. The van der Waals surface area contributed by atoms with Gasteiger partial charge in [0.25, 0.3) is 0 Å². The van der Waals surface area contributed by atoms with Gasteiger partial charge in [-0.15, -0.1) is 0 Å². The van der Waals surface area contributed by atoms with E-state index in [-0.39, 0.29) is 0 Å². The Hall–Kier alpha value is -2.83. The number of anilines is 1. The Morgan fingerprint density at radius 1 is 1.53 bits per heavy atom. The first-order valence-corrected chi connectivity index (χ1v) is 9.62. The molecule has 0 radical (unpaired) electrons. The van der Waals surface area contributed by atoms with E-state index in [0.29, 0.717) is 21.6 Å². The molecule has 1 amide bonds. The van der Waals surface area contributed by atoms with Gasteiger partial charge < -0.3 is 19.5 Å². The molecule has 11 nitrogen and oxygen atoms in total. The van der Waals surface area contributed by atoms with Crippen LogP contribution in [0.4, 0.5) is 19.0 Å². The Bertz CT molecular complexity index is 1350. The van der Waals surface area contributed by atoms with E-state index in [0.717, 1.165) is 12.5 Å². The molecule has 0 aromatic carbocycles. The fraction of sp³-hybridized carbons (Fsp3) is 0.400. The predicted octanol–water partition coefficient (Wildman–Crippen LogP) is 0.417. The predicted molar refractivity (Wildman–Crippen MR) is 94.0 cm³/mol. The molecule has 2 atom stereocenters. The average Bonchev–Trinajstić information content (AvgIpc) is 3.38. The van der Waals surface area contributed by atoms with Crippen molar-refractivity contribution >= 4 is 30.4 Å². The number of carbonyl (C=O) groups excluding carboxylic acids is 1. The van der Waals surface area contributed by atoms with E-state index in [1.165, 1.54) is 23.1 Å². The lowest BCUT2D eigenvalue weighted by atomic mass is 10.4. The molecule has 3 aromatic heterocycles. The normalized spacial score (nSPS) is 20.0. The summed E-state index contributed by atoms with van der Waals surface area (Å²) in [6.07, 6.45) is -5.46. The maximum absolute atomic E-state index is 12.6. The summed E-state index contributed by atoms with van der Waals surface area (Å²) in [5.41, 5.74) is -1.18. The number of nitrogens with zero attached hydrogens (tertiary/aromatic N) is 6. The third-order valence-electron chi connectivity index (χ3n) is 3.52. The summed E-state index contributed by atoms with van der Waals surface area (Å²) in [6, 6.07) is 0. The summed E-state index contributed by atoms with van der Waals surface area (Å²) in [5, 5.41) is 1.44. The molecular formula is C15H17F3N7O4P. The van der Waals surface area contributed by atoms with Crippen molar-refractivity contribution in [1.29, 1.82) is 0 Å². The number of halogens is 3. The second-order valence-corrected chi connectivity index (χ2v) is 7.77. The van der Waals surface area contributed by atoms with Gasteiger partial charge in [0, 0.05) is 4.11 Å². The summed E-state index contributed by atoms with van der Waals surface area (Å²) in [4.78, 5) is 34.6. The van der Waals surface area contributed by atoms with Crippen LogP contribution in [0.1, 0.15) is 15.1 Å². The smallest absolute Gasteiger partial charge is 0.471 e. The van der Waals surface area contributed by atoms with Crippen molar-refractivity contribution in [3.8, 4) is 0 Å². The van der Waals surface area contributed by atoms with Crippen LogP contribution in [-0.2, 0) is 27.6 Å². The van der Waals surface area contributed by atoms with Crippen molar-refractivity contribution in [3.05, 3.63) is 31.4 Å². The largest absolute Gasteiger partial charge is 0.764 e. The van der Waals surface area contributed by atoms with Gasteiger partial charge in [0.05, 0.1) is 30.1 Å². The number of rotatable bonds is 7. The quantitative estimate of drug-likeness (QED) is 0.405. The maximum Gasteiger partial charge on any atom is 0.471 e. The van der Waals surface area contributed by atoms with Gasteiger partial charge >= 0.3 is 12.1 Å². The van der Waals surface area contributed by atoms with Crippen LogP contribution >= 0.6 is 7.52 Å². The molecule has 0 aliphatic carbocycles. The molecule has 3 rings (SSSR count). The van der Waals surface area contributed by atoms with Gasteiger partial charge in [0.2, 0.25) is 13.8 Å². The van der Waals surface area contributed by atoms with Crippen LogP contribution in [-0.4, -0.2) is 48.4 Å². The molecule has 0 bridgehead atoms. The number of aromatic nitrogens is 6. The molecule has 0 aliphatic heterocycles. The number of carbonyl (C=O) groups is 1. The topological polar surface area (TPSA) is 131 Å². The van der Waals surface area contributed by atoms with Crippen molar-refractivity contribution in [2.75, 3.05) is 11.7 Å². The van der Waals surface area contributed by atoms with Crippen molar-refractivity contribution in [3.63, 3.8) is 0 Å². The third-order valence-corrected chi connectivity index (χ3v) is 4.92. The van der Waals surface area contributed by atoms with Crippen LogP contribution < -0.4 is 14.8 Å². The second kappa shape index (κ2) is 8.13. The standard InChI is InChI=1S/C15H17F3N7O4P/c1-10(29-9-30(27,28)25-4-3-23(2)8-25)5-24-7-21-11-12(19-6-20-13(11)24)22-14(26)15(16,17)18/h3-4,6-8,10H,5,9H2,1-2H3,(H-,19,20,22,26,27,28)/i1D3,5D2,10D. The molecule has 162 valence electrons. The van der Waals surface area contributed by atoms with E-state index >= 15 is 0 Å². The first-order valence-electron chi connectivity index (χ1n) is 10.9. The highest BCUT2D eigenvalue weighted by Crippen LogP contribution is 2.36. The number of aryl methyl sites for hydroxylation is 1. The van der Waals surface area contributed by atoms with Crippen LogP contribution in [0.25, 0.3) is 11.2 Å². The van der Waals surface area contributed by atoms with Crippen LogP contribution in [0.15, 0.2) is 31.4 Å². The highest BCUT2D eigenvalue weighted by atomic mass is 31.2. The van der Waals surface area contributed by atoms with Gasteiger partial charge in [0.15, 0.2) is 17.0 Å². The van der Waals surface area contributed by atoms with E-state index in [2.05, 4.69) is 15.0 Å². The number of hydrogen-bond donors (Lipinski definition) is 1. The zero-order chi connectivity index (χ0) is 27.3. The van der Waals surface area contributed by atoms with Crippen molar-refractivity contribution in [2.45, 2.75) is 25.6 Å². The summed E-state index contributed by atoms with van der Waals surface area (Å²) in [6.45, 7) is -7.04. The molecule has 0 spiro atoms. The van der Waals surface area contributed by atoms with Crippen LogP contribution in [0, 0.1) is 0 Å². The maximum atomic E-state index is 12.6. The molecule has 2 unspecified atom stereocenters. The van der Waals surface area contributed by atoms with E-state index in [1.54, 1.807) is 0 Å². The zero-order valence-electron chi connectivity index (χ0n) is 21.0. The molecule has 0 saturated carbocycles. The average molecular weight is 453 g/mol. The Kier molecular flexibility index (Phi) is 4.07. The van der Waals surface area contributed by atoms with E-state index in [4.69, 9.17) is 13.0 Å². The minimum Gasteiger partial charge on any atom is -0.764 e. The van der Waals surface area contributed by atoms with Gasteiger partial charge in [-0.3, -0.25) is 9.36 Å². The van der Waals surface area contributed by atoms with Crippen LogP contribution in [0.3, 0.4) is 0 Å². The number of amides is 1. The highest BCUT2D eigenvalue weighted by Gasteiger charge is 2.39. The van der Waals surface area contributed by atoms with Gasteiger partial charge in [0.1, 0.15) is 25.1 Å². The Labute approximate surface area is 176 Å². The fourth-order valence-corrected chi connectivity index (χ4v) is 3.17. The molecule has 1 N–H and O–H groups in total. The summed E-state index contributed by atoms with van der Waals surface area (Å²) < 4.78 is 106. The first-order chi connectivity index (χ1) is 16.3. The summed E-state index contributed by atoms with van der Waals surface area (Å²) in [7, 11) is -3.24. The molecule has 0 aliphatic rings. The van der Waals surface area contributed by atoms with Gasteiger partial charge in [-0.2, -0.15) is 17.5 Å². The lowest BCUT2D eigenvalue weighted by Crippen LogP contribution is -2.30. The zero-order valence-corrected chi connectivity index (χ0v) is 15.9. The minimum atomic E-state index is -5.29. The lowest BCUT2D eigenvalue weighted by molar-refractivity contribution is -0.670. The summed E-state index contributed by atoms with van der Waals surface area (Å²) in [5.74, 6) is -3.18. The number of ether oxygens (including phenoxy) is 1. The number of hydrogen-bond acceptors (Lipinski definition) is 7. The molecular weight excluding hydrogens is 430 g/mol. The molecule has 30 heavy (non-hydrogen) atoms. The Morgan fingerprint density at radius 2 is 2.30 bits per heavy atom. The van der Waals surface area contributed by atoms with Gasteiger partial charge in [-0.05, 0) is 6.85 Å². The van der Waals surface area contributed by atoms with Gasteiger partial charge in [-0.1, -0.05) is 0 Å². The van der Waals surface area contributed by atoms with E-state index in [1.807, 2.05) is 0 Å². The Balaban J connectivity index is 2.03. The van der Waals surface area contributed by atoms with Gasteiger partial charge in [-0.25, -0.2) is 19.5 Å². The van der Waals surface area contributed by atoms with Crippen molar-refractivity contribution in [1.82, 2.24) is 23.9 Å². The van der Waals surface area contributed by atoms with Crippen molar-refractivity contribution in [2.24, 2.45) is 7.05 Å². The van der Waals surface area contributed by atoms with Crippen LogP contribution in [0.2, 0.25) is 0 Å².